The number of hydrogen-bond donors (Lipinski definition) is 2. The van der Waals surface area contributed by atoms with Crippen molar-refractivity contribution in [2.24, 2.45) is 5.73 Å². The van der Waals surface area contributed by atoms with E-state index >= 15 is 0 Å². The van der Waals surface area contributed by atoms with Crippen LogP contribution in [0.15, 0.2) is 48.5 Å². The smallest absolute Gasteiger partial charge is 0.248 e. The van der Waals surface area contributed by atoms with Crippen molar-refractivity contribution in [2.45, 2.75) is 19.4 Å². The van der Waals surface area contributed by atoms with Crippen LogP contribution in [-0.2, 0) is 14.8 Å². The number of rotatable bonds is 7. The predicted octanol–water partition coefficient (Wildman–Crippen LogP) is 2.62. The summed E-state index contributed by atoms with van der Waals surface area (Å²) >= 11 is 5.87. The van der Waals surface area contributed by atoms with Crippen LogP contribution in [0.1, 0.15) is 23.7 Å². The Hall–Kier alpha value is -2.58. The molecule has 1 unspecified atom stereocenters. The van der Waals surface area contributed by atoms with Crippen molar-refractivity contribution in [3.8, 4) is 0 Å². The van der Waals surface area contributed by atoms with Gasteiger partial charge in [0.1, 0.15) is 6.04 Å². The molecule has 3 N–H and O–H groups in total. The molecular weight excluding hydrogens is 390 g/mol. The average molecular weight is 410 g/mol. The fourth-order valence-electron chi connectivity index (χ4n) is 2.59. The molecule has 2 aromatic rings. The molecule has 144 valence electrons. The summed E-state index contributed by atoms with van der Waals surface area (Å²) < 4.78 is 25.8. The normalized spacial score (nSPS) is 12.3. The van der Waals surface area contributed by atoms with Gasteiger partial charge in [-0.05, 0) is 55.0 Å². The molecule has 0 bridgehead atoms. The van der Waals surface area contributed by atoms with Crippen molar-refractivity contribution in [3.63, 3.8) is 0 Å². The highest BCUT2D eigenvalue weighted by atomic mass is 35.5. The number of hydrogen-bond acceptors (Lipinski definition) is 4. The van der Waals surface area contributed by atoms with Gasteiger partial charge in [-0.15, -0.1) is 0 Å². The highest BCUT2D eigenvalue weighted by Gasteiger charge is 2.31. The van der Waals surface area contributed by atoms with E-state index in [0.29, 0.717) is 22.0 Å². The van der Waals surface area contributed by atoms with E-state index in [1.807, 2.05) is 0 Å². The SMILES string of the molecule is CCC(C(=O)Nc1ccc(C(N)=O)cc1)N(c1ccc(Cl)cc1)S(C)(=O)=O. The number of benzene rings is 2. The standard InChI is InChI=1S/C18H20ClN3O4S/c1-3-16(18(24)21-14-8-4-12(5-9-14)17(20)23)22(27(2,25)26)15-10-6-13(19)7-11-15/h4-11,16H,3H2,1-2H3,(H2,20,23)(H,21,24). The van der Waals surface area contributed by atoms with Gasteiger partial charge in [0.05, 0.1) is 11.9 Å². The van der Waals surface area contributed by atoms with Gasteiger partial charge in [-0.3, -0.25) is 13.9 Å². The number of anilines is 2. The Morgan fingerprint density at radius 3 is 2.11 bits per heavy atom. The molecule has 2 aromatic carbocycles. The minimum atomic E-state index is -3.73. The first kappa shape index (κ1) is 20.7. The number of nitrogens with two attached hydrogens (primary N) is 1. The fourth-order valence-corrected chi connectivity index (χ4v) is 3.93. The summed E-state index contributed by atoms with van der Waals surface area (Å²) in [4.78, 5) is 23.9. The van der Waals surface area contributed by atoms with Gasteiger partial charge in [-0.25, -0.2) is 8.42 Å². The minimum Gasteiger partial charge on any atom is -0.366 e. The van der Waals surface area contributed by atoms with E-state index in [1.54, 1.807) is 31.2 Å². The number of nitrogens with one attached hydrogen (secondary N) is 1. The molecule has 0 aliphatic carbocycles. The number of nitrogens with zero attached hydrogens (tertiary/aromatic N) is 1. The first-order valence-corrected chi connectivity index (χ1v) is 10.3. The summed E-state index contributed by atoms with van der Waals surface area (Å²) in [5.41, 5.74) is 6.26. The topological polar surface area (TPSA) is 110 Å². The molecule has 0 fully saturated rings. The van der Waals surface area contributed by atoms with Gasteiger partial charge < -0.3 is 11.1 Å². The van der Waals surface area contributed by atoms with Crippen LogP contribution < -0.4 is 15.4 Å². The second kappa shape index (κ2) is 8.41. The fraction of sp³-hybridized carbons (Fsp3) is 0.222. The lowest BCUT2D eigenvalue weighted by Crippen LogP contribution is -2.47. The second-order valence-corrected chi connectivity index (χ2v) is 8.19. The Balaban J connectivity index is 2.31. The number of primary amides is 1. The maximum Gasteiger partial charge on any atom is 0.248 e. The molecule has 2 rings (SSSR count). The highest BCUT2D eigenvalue weighted by molar-refractivity contribution is 7.92. The van der Waals surface area contributed by atoms with Crippen LogP contribution >= 0.6 is 11.6 Å². The van der Waals surface area contributed by atoms with Crippen molar-refractivity contribution in [2.75, 3.05) is 15.9 Å². The Kier molecular flexibility index (Phi) is 6.45. The lowest BCUT2D eigenvalue weighted by molar-refractivity contribution is -0.117. The van der Waals surface area contributed by atoms with Crippen molar-refractivity contribution in [1.29, 1.82) is 0 Å². The third-order valence-corrected chi connectivity index (χ3v) is 5.28. The molecule has 0 saturated carbocycles. The Labute approximate surface area is 163 Å². The maximum absolute atomic E-state index is 12.8. The van der Waals surface area contributed by atoms with Gasteiger partial charge in [-0.1, -0.05) is 18.5 Å². The first-order valence-electron chi connectivity index (χ1n) is 8.09. The van der Waals surface area contributed by atoms with E-state index in [2.05, 4.69) is 5.32 Å². The van der Waals surface area contributed by atoms with Crippen LogP contribution in [0.5, 0.6) is 0 Å². The van der Waals surface area contributed by atoms with E-state index in [4.69, 9.17) is 17.3 Å². The van der Waals surface area contributed by atoms with Crippen LogP contribution in [0.3, 0.4) is 0 Å². The molecule has 1 atom stereocenters. The second-order valence-electron chi connectivity index (χ2n) is 5.89. The summed E-state index contributed by atoms with van der Waals surface area (Å²) in [6.45, 7) is 1.72. The molecule has 2 amide bonds. The zero-order valence-corrected chi connectivity index (χ0v) is 16.4. The van der Waals surface area contributed by atoms with Crippen LogP contribution in [0.25, 0.3) is 0 Å². The third kappa shape index (κ3) is 5.21. The highest BCUT2D eigenvalue weighted by Crippen LogP contribution is 2.25. The van der Waals surface area contributed by atoms with Crippen LogP contribution in [-0.4, -0.2) is 32.5 Å². The summed E-state index contributed by atoms with van der Waals surface area (Å²) in [6, 6.07) is 11.2. The largest absolute Gasteiger partial charge is 0.366 e. The Bertz CT molecular complexity index is 928. The van der Waals surface area contributed by atoms with Crippen molar-refractivity contribution < 1.29 is 18.0 Å². The van der Waals surface area contributed by atoms with Crippen LogP contribution in [0, 0.1) is 0 Å². The molecular formula is C18H20ClN3O4S. The quantitative estimate of drug-likeness (QED) is 0.732. The molecule has 9 heteroatoms. The van der Waals surface area contributed by atoms with Gasteiger partial charge in [0.2, 0.25) is 21.8 Å². The van der Waals surface area contributed by atoms with Gasteiger partial charge in [0.25, 0.3) is 0 Å². The number of sulfonamides is 1. The van der Waals surface area contributed by atoms with Crippen LogP contribution in [0.4, 0.5) is 11.4 Å². The molecule has 0 spiro atoms. The van der Waals surface area contributed by atoms with Crippen LogP contribution in [0.2, 0.25) is 5.02 Å². The Morgan fingerprint density at radius 2 is 1.67 bits per heavy atom. The van der Waals surface area contributed by atoms with Crippen molar-refractivity contribution >= 4 is 44.8 Å². The first-order chi connectivity index (χ1) is 12.6. The molecule has 0 saturated heterocycles. The lowest BCUT2D eigenvalue weighted by atomic mass is 10.1. The van der Waals surface area contributed by atoms with E-state index in [-0.39, 0.29) is 6.42 Å². The number of amides is 2. The average Bonchev–Trinajstić information content (AvgIpc) is 2.60. The molecule has 0 heterocycles. The maximum atomic E-state index is 12.8. The van der Waals surface area contributed by atoms with E-state index in [0.717, 1.165) is 10.6 Å². The molecule has 0 aliphatic heterocycles. The van der Waals surface area contributed by atoms with E-state index < -0.39 is 27.9 Å². The molecule has 27 heavy (non-hydrogen) atoms. The monoisotopic (exact) mass is 409 g/mol. The van der Waals surface area contributed by atoms with Crippen molar-refractivity contribution in [3.05, 3.63) is 59.1 Å². The summed E-state index contributed by atoms with van der Waals surface area (Å²) in [6.07, 6.45) is 1.29. The van der Waals surface area contributed by atoms with Gasteiger partial charge in [0, 0.05) is 16.3 Å². The van der Waals surface area contributed by atoms with Gasteiger partial charge in [-0.2, -0.15) is 0 Å². The Morgan fingerprint density at radius 1 is 1.11 bits per heavy atom. The summed E-state index contributed by atoms with van der Waals surface area (Å²) in [5.74, 6) is -1.07. The van der Waals surface area contributed by atoms with E-state index in [9.17, 15) is 18.0 Å². The third-order valence-electron chi connectivity index (χ3n) is 3.85. The number of halogens is 1. The molecule has 0 aromatic heterocycles. The lowest BCUT2D eigenvalue weighted by Gasteiger charge is -2.30. The van der Waals surface area contributed by atoms with Crippen molar-refractivity contribution in [1.82, 2.24) is 0 Å². The van der Waals surface area contributed by atoms with Gasteiger partial charge >= 0.3 is 0 Å². The summed E-state index contributed by atoms with van der Waals surface area (Å²) in [5, 5.41) is 3.13. The minimum absolute atomic E-state index is 0.251. The molecule has 0 aliphatic rings. The van der Waals surface area contributed by atoms with Gasteiger partial charge in [0.15, 0.2) is 0 Å². The zero-order chi connectivity index (χ0) is 20.2. The summed E-state index contributed by atoms with van der Waals surface area (Å²) in [7, 11) is -3.73. The number of carbonyl (C=O) groups excluding carboxylic acids is 2. The molecule has 0 radical (unpaired) electrons. The van der Waals surface area contributed by atoms with E-state index in [1.165, 1.54) is 24.3 Å². The molecule has 7 nitrogen and oxygen atoms in total. The predicted molar refractivity (Wildman–Crippen MR) is 106 cm³/mol. The number of carbonyl (C=O) groups is 2. The zero-order valence-electron chi connectivity index (χ0n) is 14.8.